The topological polar surface area (TPSA) is 3.24 Å². The van der Waals surface area contributed by atoms with Crippen molar-refractivity contribution in [2.24, 2.45) is 5.92 Å². The first-order chi connectivity index (χ1) is 6.84. The van der Waals surface area contributed by atoms with Crippen LogP contribution in [0.2, 0.25) is 0 Å². The largest absolute Gasteiger partial charge is 0.247 e. The summed E-state index contributed by atoms with van der Waals surface area (Å²) in [7, 11) is 0. The van der Waals surface area contributed by atoms with E-state index in [9.17, 15) is 0 Å². The Morgan fingerprint density at radius 2 is 2.07 bits per heavy atom. The maximum absolute atomic E-state index is 2.45. The van der Waals surface area contributed by atoms with Crippen LogP contribution in [0.3, 0.4) is 0 Å². The van der Waals surface area contributed by atoms with Gasteiger partial charge in [0.2, 0.25) is 0 Å². The molecule has 0 spiro atoms. The van der Waals surface area contributed by atoms with Gasteiger partial charge in [-0.2, -0.15) is 0 Å². The zero-order valence-corrected chi connectivity index (χ0v) is 10.5. The number of hydrogen-bond donors (Lipinski definition) is 0. The first kappa shape index (κ1) is 10.4. The van der Waals surface area contributed by atoms with E-state index in [4.69, 9.17) is 0 Å². The summed E-state index contributed by atoms with van der Waals surface area (Å²) in [6.45, 7) is 2.53. The molecule has 1 saturated heterocycles. The van der Waals surface area contributed by atoms with Crippen LogP contribution in [0.1, 0.15) is 18.4 Å². The van der Waals surface area contributed by atoms with Crippen LogP contribution in [0.4, 0.5) is 0 Å². The molecule has 0 amide bonds. The summed E-state index contributed by atoms with van der Waals surface area (Å²) in [5.41, 5.74) is 1.49. The third-order valence-electron chi connectivity index (χ3n) is 2.84. The first-order valence-electron chi connectivity index (χ1n) is 5.29. The van der Waals surface area contributed by atoms with Crippen LogP contribution >= 0.6 is 22.9 Å². The molecule has 0 N–H and O–H groups in total. The van der Waals surface area contributed by atoms with Crippen molar-refractivity contribution in [3.8, 4) is 0 Å². The van der Waals surface area contributed by atoms with Crippen LogP contribution < -0.4 is 0 Å². The highest BCUT2D eigenvalue weighted by atomic mass is 127. The maximum atomic E-state index is 2.45. The average molecular weight is 301 g/mol. The molecule has 0 radical (unpaired) electrons. The molecule has 1 aliphatic rings. The molecule has 1 aliphatic heterocycles. The predicted molar refractivity (Wildman–Crippen MR) is 68.5 cm³/mol. The molecule has 76 valence electrons. The van der Waals surface area contributed by atoms with Crippen LogP contribution in [-0.2, 0) is 6.42 Å². The third-order valence-corrected chi connectivity index (χ3v) is 3.71. The lowest BCUT2D eigenvalue weighted by atomic mass is 9.92. The van der Waals surface area contributed by atoms with Gasteiger partial charge in [0.1, 0.15) is 0 Å². The summed E-state index contributed by atoms with van der Waals surface area (Å²) in [6, 6.07) is 10.9. The van der Waals surface area contributed by atoms with Crippen molar-refractivity contribution in [1.82, 2.24) is 3.11 Å². The van der Waals surface area contributed by atoms with E-state index in [-0.39, 0.29) is 0 Å². The number of halogens is 1. The number of hydrogen-bond acceptors (Lipinski definition) is 1. The van der Waals surface area contributed by atoms with Gasteiger partial charge in [-0.3, -0.25) is 0 Å². The van der Waals surface area contributed by atoms with E-state index in [1.54, 1.807) is 0 Å². The lowest BCUT2D eigenvalue weighted by Gasteiger charge is -2.28. The molecule has 0 saturated carbocycles. The number of piperidine rings is 1. The highest BCUT2D eigenvalue weighted by molar-refractivity contribution is 14.1. The SMILES string of the molecule is IN1CCCC(Cc2ccccc2)C1. The Balaban J connectivity index is 1.91. The van der Waals surface area contributed by atoms with E-state index in [0.717, 1.165) is 5.92 Å². The third kappa shape index (κ3) is 2.95. The van der Waals surface area contributed by atoms with E-state index in [2.05, 4.69) is 56.3 Å². The minimum absolute atomic E-state index is 0.864. The van der Waals surface area contributed by atoms with Gasteiger partial charge < -0.3 is 0 Å². The van der Waals surface area contributed by atoms with Gasteiger partial charge in [0, 0.05) is 36.0 Å². The van der Waals surface area contributed by atoms with E-state index in [0.29, 0.717) is 0 Å². The normalized spacial score (nSPS) is 23.6. The van der Waals surface area contributed by atoms with Gasteiger partial charge >= 0.3 is 0 Å². The molecule has 1 nitrogen and oxygen atoms in total. The zero-order valence-electron chi connectivity index (χ0n) is 8.32. The predicted octanol–water partition coefficient (Wildman–Crippen LogP) is 3.29. The monoisotopic (exact) mass is 301 g/mol. The number of rotatable bonds is 2. The Morgan fingerprint density at radius 3 is 2.79 bits per heavy atom. The van der Waals surface area contributed by atoms with E-state index < -0.39 is 0 Å². The van der Waals surface area contributed by atoms with Crippen molar-refractivity contribution in [2.45, 2.75) is 19.3 Å². The second-order valence-corrected chi connectivity index (χ2v) is 5.43. The Bertz CT molecular complexity index is 273. The molecule has 0 bridgehead atoms. The summed E-state index contributed by atoms with van der Waals surface area (Å²) < 4.78 is 2.43. The van der Waals surface area contributed by atoms with Crippen LogP contribution in [0.5, 0.6) is 0 Å². The second kappa shape index (κ2) is 5.12. The molecular formula is C12H16IN. The van der Waals surface area contributed by atoms with Crippen molar-refractivity contribution in [1.29, 1.82) is 0 Å². The van der Waals surface area contributed by atoms with E-state index in [1.807, 2.05) is 0 Å². The standard InChI is InChI=1S/C12H16IN/c13-14-8-4-7-12(10-14)9-11-5-2-1-3-6-11/h1-3,5-6,12H,4,7-10H2. The fourth-order valence-electron chi connectivity index (χ4n) is 2.13. The molecule has 14 heavy (non-hydrogen) atoms. The molecule has 2 rings (SSSR count). The minimum atomic E-state index is 0.864. The molecule has 0 aliphatic carbocycles. The van der Waals surface area contributed by atoms with E-state index in [1.165, 1.54) is 37.9 Å². The van der Waals surface area contributed by atoms with Gasteiger partial charge in [0.05, 0.1) is 0 Å². The van der Waals surface area contributed by atoms with Gasteiger partial charge in [-0.25, -0.2) is 3.11 Å². The Kier molecular flexibility index (Phi) is 3.81. The second-order valence-electron chi connectivity index (χ2n) is 4.07. The summed E-state index contributed by atoms with van der Waals surface area (Å²) >= 11 is 2.45. The summed E-state index contributed by atoms with van der Waals surface area (Å²) in [5, 5.41) is 0. The fourth-order valence-corrected chi connectivity index (χ4v) is 3.03. The highest BCUT2D eigenvalue weighted by Crippen LogP contribution is 2.22. The summed E-state index contributed by atoms with van der Waals surface area (Å²) in [4.78, 5) is 0. The molecule has 1 aromatic carbocycles. The molecule has 1 atom stereocenters. The number of benzene rings is 1. The Labute approximate surface area is 100.0 Å². The van der Waals surface area contributed by atoms with Crippen molar-refractivity contribution < 1.29 is 0 Å². The van der Waals surface area contributed by atoms with E-state index >= 15 is 0 Å². The smallest absolute Gasteiger partial charge is 0.0201 e. The lowest BCUT2D eigenvalue weighted by Crippen LogP contribution is -2.28. The van der Waals surface area contributed by atoms with Crippen molar-refractivity contribution >= 4 is 22.9 Å². The van der Waals surface area contributed by atoms with Crippen LogP contribution in [0.15, 0.2) is 30.3 Å². The molecule has 1 heterocycles. The summed E-state index contributed by atoms with van der Waals surface area (Å²) in [6.07, 6.45) is 4.01. The van der Waals surface area contributed by atoms with Crippen LogP contribution in [0, 0.1) is 5.92 Å². The zero-order chi connectivity index (χ0) is 9.80. The fraction of sp³-hybridized carbons (Fsp3) is 0.500. The molecule has 1 unspecified atom stereocenters. The minimum Gasteiger partial charge on any atom is -0.247 e. The quantitative estimate of drug-likeness (QED) is 0.598. The Morgan fingerprint density at radius 1 is 1.29 bits per heavy atom. The number of nitrogens with zero attached hydrogens (tertiary/aromatic N) is 1. The van der Waals surface area contributed by atoms with Gasteiger partial charge in [-0.15, -0.1) is 0 Å². The van der Waals surface area contributed by atoms with Crippen molar-refractivity contribution in [3.05, 3.63) is 35.9 Å². The van der Waals surface area contributed by atoms with Crippen molar-refractivity contribution in [3.63, 3.8) is 0 Å². The molecule has 0 aromatic heterocycles. The van der Waals surface area contributed by atoms with Gasteiger partial charge in [0.25, 0.3) is 0 Å². The van der Waals surface area contributed by atoms with Gasteiger partial charge in [-0.1, -0.05) is 30.3 Å². The van der Waals surface area contributed by atoms with Crippen LogP contribution in [-0.4, -0.2) is 16.2 Å². The average Bonchev–Trinajstić information content (AvgIpc) is 2.19. The maximum Gasteiger partial charge on any atom is 0.0201 e. The van der Waals surface area contributed by atoms with Gasteiger partial charge in [0.15, 0.2) is 0 Å². The first-order valence-corrected chi connectivity index (χ1v) is 6.26. The molecule has 2 heteroatoms. The molecule has 1 fully saturated rings. The van der Waals surface area contributed by atoms with Crippen molar-refractivity contribution in [2.75, 3.05) is 13.1 Å². The van der Waals surface area contributed by atoms with Crippen LogP contribution in [0.25, 0.3) is 0 Å². The van der Waals surface area contributed by atoms with Gasteiger partial charge in [-0.05, 0) is 30.7 Å². The highest BCUT2D eigenvalue weighted by Gasteiger charge is 2.17. The lowest BCUT2D eigenvalue weighted by molar-refractivity contribution is 0.302. The molecular weight excluding hydrogens is 285 g/mol. The summed E-state index contributed by atoms with van der Waals surface area (Å²) in [5.74, 6) is 0.864. The molecule has 1 aromatic rings. The Hall–Kier alpha value is -0.0900.